The second-order valence-electron chi connectivity index (χ2n) is 4.04. The Morgan fingerprint density at radius 1 is 1.06 bits per heavy atom. The van der Waals surface area contributed by atoms with E-state index in [-0.39, 0.29) is 13.5 Å². The van der Waals surface area contributed by atoms with Crippen LogP contribution >= 0.6 is 13.5 Å². The summed E-state index contributed by atoms with van der Waals surface area (Å²) in [5.74, 6) is 0.881. The van der Waals surface area contributed by atoms with Gasteiger partial charge in [0, 0.05) is 6.54 Å². The number of hydrogen-bond donors (Lipinski definition) is 1. The maximum atomic E-state index is 5.33. The average Bonchev–Trinajstić information content (AvgIpc) is 2.38. The van der Waals surface area contributed by atoms with Gasteiger partial charge >= 0.3 is 0 Å². The van der Waals surface area contributed by atoms with Crippen molar-refractivity contribution in [2.24, 2.45) is 0 Å². The van der Waals surface area contributed by atoms with Crippen molar-refractivity contribution in [3.8, 4) is 5.75 Å². The highest BCUT2D eigenvalue weighted by Crippen LogP contribution is 2.25. The van der Waals surface area contributed by atoms with Crippen LogP contribution < -0.4 is 10.1 Å². The number of rotatable bonds is 4. The molecule has 0 saturated carbocycles. The predicted octanol–water partition coefficient (Wildman–Crippen LogP) is 3.73. The number of nitrogens with one attached hydrogen (secondary N) is 1. The first-order chi connectivity index (χ1) is 8.29. The molecule has 0 aliphatic heterocycles. The van der Waals surface area contributed by atoms with Crippen LogP contribution in [-0.2, 0) is 6.54 Å². The van der Waals surface area contributed by atoms with E-state index in [0.29, 0.717) is 0 Å². The Bertz CT molecular complexity index is 485. The van der Waals surface area contributed by atoms with Crippen molar-refractivity contribution in [1.29, 1.82) is 0 Å². The quantitative estimate of drug-likeness (QED) is 0.905. The monoisotopic (exact) mass is 261 g/mol. The highest BCUT2D eigenvalue weighted by atomic mass is 32.1. The van der Waals surface area contributed by atoms with E-state index in [9.17, 15) is 0 Å². The number of anilines is 1. The number of benzene rings is 2. The third kappa shape index (κ3) is 3.70. The molecular formula is C15H19NOS. The van der Waals surface area contributed by atoms with Crippen LogP contribution in [0.25, 0.3) is 0 Å². The van der Waals surface area contributed by atoms with E-state index in [1.165, 1.54) is 11.1 Å². The van der Waals surface area contributed by atoms with Crippen molar-refractivity contribution in [3.63, 3.8) is 0 Å². The van der Waals surface area contributed by atoms with Gasteiger partial charge in [-0.1, -0.05) is 36.4 Å². The molecule has 0 spiro atoms. The highest BCUT2D eigenvalue weighted by molar-refractivity contribution is 7.59. The molecule has 0 unspecified atom stereocenters. The number of methoxy groups -OCH3 is 1. The van der Waals surface area contributed by atoms with E-state index in [4.69, 9.17) is 4.74 Å². The molecule has 1 N–H and O–H groups in total. The van der Waals surface area contributed by atoms with Gasteiger partial charge in [0.05, 0.1) is 12.8 Å². The minimum atomic E-state index is 0. The Morgan fingerprint density at radius 2 is 1.78 bits per heavy atom. The van der Waals surface area contributed by atoms with Gasteiger partial charge in [-0.2, -0.15) is 13.5 Å². The van der Waals surface area contributed by atoms with Gasteiger partial charge in [0.2, 0.25) is 0 Å². The fraction of sp³-hybridized carbons (Fsp3) is 0.200. The zero-order valence-corrected chi connectivity index (χ0v) is 11.7. The van der Waals surface area contributed by atoms with Crippen LogP contribution in [-0.4, -0.2) is 7.11 Å². The Morgan fingerprint density at radius 3 is 2.44 bits per heavy atom. The summed E-state index contributed by atoms with van der Waals surface area (Å²) in [7, 11) is 1.69. The van der Waals surface area contributed by atoms with Gasteiger partial charge in [0.1, 0.15) is 5.75 Å². The minimum Gasteiger partial charge on any atom is -0.495 e. The maximum Gasteiger partial charge on any atom is 0.141 e. The van der Waals surface area contributed by atoms with Crippen LogP contribution in [0.4, 0.5) is 5.69 Å². The largest absolute Gasteiger partial charge is 0.495 e. The molecule has 0 bridgehead atoms. The fourth-order valence-corrected chi connectivity index (χ4v) is 1.75. The minimum absolute atomic E-state index is 0. The molecule has 0 fully saturated rings. The van der Waals surface area contributed by atoms with Crippen molar-refractivity contribution in [2.45, 2.75) is 13.5 Å². The predicted molar refractivity (Wildman–Crippen MR) is 81.9 cm³/mol. The van der Waals surface area contributed by atoms with Crippen LogP contribution in [0.1, 0.15) is 11.1 Å². The van der Waals surface area contributed by atoms with E-state index < -0.39 is 0 Å². The standard InChI is InChI=1S/C15H17NO.H2S/c1-12-8-9-15(17-2)14(10-12)16-11-13-6-4-3-5-7-13;/h3-10,16H,11H2,1-2H3;1H2. The first-order valence-electron chi connectivity index (χ1n) is 5.72. The summed E-state index contributed by atoms with van der Waals surface area (Å²) in [5.41, 5.74) is 3.52. The molecular weight excluding hydrogens is 242 g/mol. The molecule has 0 radical (unpaired) electrons. The van der Waals surface area contributed by atoms with Crippen molar-refractivity contribution < 1.29 is 4.74 Å². The van der Waals surface area contributed by atoms with Crippen LogP contribution in [0.2, 0.25) is 0 Å². The lowest BCUT2D eigenvalue weighted by Crippen LogP contribution is -2.01. The van der Waals surface area contributed by atoms with Gasteiger partial charge in [0.15, 0.2) is 0 Å². The molecule has 96 valence electrons. The molecule has 0 aliphatic rings. The molecule has 0 saturated heterocycles. The van der Waals surface area contributed by atoms with E-state index in [1.54, 1.807) is 7.11 Å². The van der Waals surface area contributed by atoms with Crippen LogP contribution in [0.15, 0.2) is 48.5 Å². The highest BCUT2D eigenvalue weighted by Gasteiger charge is 2.02. The van der Waals surface area contributed by atoms with Gasteiger partial charge in [0.25, 0.3) is 0 Å². The molecule has 2 nitrogen and oxygen atoms in total. The Kier molecular flexibility index (Phi) is 5.59. The first kappa shape index (κ1) is 14.5. The zero-order valence-electron chi connectivity index (χ0n) is 10.7. The summed E-state index contributed by atoms with van der Waals surface area (Å²) in [4.78, 5) is 0. The van der Waals surface area contributed by atoms with Gasteiger partial charge in [-0.25, -0.2) is 0 Å². The van der Waals surface area contributed by atoms with E-state index in [2.05, 4.69) is 30.4 Å². The lowest BCUT2D eigenvalue weighted by Gasteiger charge is -2.12. The number of aryl methyl sites for hydroxylation is 1. The smallest absolute Gasteiger partial charge is 0.141 e. The lowest BCUT2D eigenvalue weighted by atomic mass is 10.2. The summed E-state index contributed by atoms with van der Waals surface area (Å²) >= 11 is 0. The number of ether oxygens (including phenoxy) is 1. The topological polar surface area (TPSA) is 21.3 Å². The summed E-state index contributed by atoms with van der Waals surface area (Å²) in [5, 5.41) is 3.40. The molecule has 2 aromatic carbocycles. The van der Waals surface area contributed by atoms with Crippen molar-refractivity contribution >= 4 is 19.2 Å². The van der Waals surface area contributed by atoms with Crippen molar-refractivity contribution in [3.05, 3.63) is 59.7 Å². The van der Waals surface area contributed by atoms with Crippen molar-refractivity contribution in [1.82, 2.24) is 0 Å². The van der Waals surface area contributed by atoms with Gasteiger partial charge in [-0.15, -0.1) is 0 Å². The van der Waals surface area contributed by atoms with Crippen LogP contribution in [0.3, 0.4) is 0 Å². The van der Waals surface area contributed by atoms with Crippen LogP contribution in [0.5, 0.6) is 5.75 Å². The Hall–Kier alpha value is -1.61. The Balaban J connectivity index is 0.00000162. The van der Waals surface area contributed by atoms with E-state index >= 15 is 0 Å². The molecule has 0 aromatic heterocycles. The third-order valence-corrected chi connectivity index (χ3v) is 2.68. The molecule has 2 aromatic rings. The summed E-state index contributed by atoms with van der Waals surface area (Å²) in [6.07, 6.45) is 0. The second-order valence-corrected chi connectivity index (χ2v) is 4.04. The summed E-state index contributed by atoms with van der Waals surface area (Å²) < 4.78 is 5.33. The van der Waals surface area contributed by atoms with Gasteiger partial charge < -0.3 is 10.1 Å². The fourth-order valence-electron chi connectivity index (χ4n) is 1.75. The lowest BCUT2D eigenvalue weighted by molar-refractivity contribution is 0.416. The number of hydrogen-bond acceptors (Lipinski definition) is 2. The van der Waals surface area contributed by atoms with Gasteiger partial charge in [-0.05, 0) is 30.2 Å². The molecule has 2 rings (SSSR count). The molecule has 0 atom stereocenters. The van der Waals surface area contributed by atoms with Crippen molar-refractivity contribution in [2.75, 3.05) is 12.4 Å². The Labute approximate surface area is 115 Å². The normalized spacial score (nSPS) is 9.44. The van der Waals surface area contributed by atoms with Gasteiger partial charge in [-0.3, -0.25) is 0 Å². The average molecular weight is 261 g/mol. The molecule has 0 heterocycles. The summed E-state index contributed by atoms with van der Waals surface area (Å²) in [6.45, 7) is 2.88. The maximum absolute atomic E-state index is 5.33. The zero-order chi connectivity index (χ0) is 12.1. The SMILES string of the molecule is COc1ccc(C)cc1NCc1ccccc1.S. The van der Waals surface area contributed by atoms with Crippen LogP contribution in [0, 0.1) is 6.92 Å². The van der Waals surface area contributed by atoms with E-state index in [1.807, 2.05) is 30.3 Å². The molecule has 0 amide bonds. The summed E-state index contributed by atoms with van der Waals surface area (Å²) in [6, 6.07) is 16.5. The molecule has 18 heavy (non-hydrogen) atoms. The van der Waals surface area contributed by atoms with E-state index in [0.717, 1.165) is 18.0 Å². The second kappa shape index (κ2) is 6.97. The third-order valence-electron chi connectivity index (χ3n) is 2.68. The first-order valence-corrected chi connectivity index (χ1v) is 5.72. The molecule has 0 aliphatic carbocycles. The molecule has 3 heteroatoms.